The maximum absolute atomic E-state index is 13.8. The summed E-state index contributed by atoms with van der Waals surface area (Å²) >= 11 is 4.55. The third-order valence-electron chi connectivity index (χ3n) is 15.8. The van der Waals surface area contributed by atoms with E-state index in [0.717, 1.165) is 37.0 Å². The number of aliphatic hydroxyl groups excluding tert-OH is 2. The smallest absolute Gasteiger partial charge is 0.462 e. The molecule has 0 saturated carbocycles. The summed E-state index contributed by atoms with van der Waals surface area (Å²) in [5.74, 6) is -3.53. The van der Waals surface area contributed by atoms with Crippen molar-refractivity contribution in [3.63, 3.8) is 0 Å². The first kappa shape index (κ1) is 72.4. The number of carbonyl (C=O) groups excluding carboxylic acids is 2. The summed E-state index contributed by atoms with van der Waals surface area (Å²) in [4.78, 5) is 127. The van der Waals surface area contributed by atoms with Crippen LogP contribution in [0.1, 0.15) is 134 Å². The third kappa shape index (κ3) is 21.5. The number of esters is 2. The number of fused-ring (bicyclic) bond motifs is 2. The maximum atomic E-state index is 13.8. The van der Waals surface area contributed by atoms with Crippen LogP contribution in [0.25, 0.3) is 0 Å². The molecule has 0 amide bonds. The summed E-state index contributed by atoms with van der Waals surface area (Å²) in [5, 5.41) is 68.3. The summed E-state index contributed by atoms with van der Waals surface area (Å²) in [6.07, 6.45) is -14.4. The van der Waals surface area contributed by atoms with Crippen LogP contribution in [0.4, 0.5) is 0 Å². The minimum absolute atomic E-state index is 0. The van der Waals surface area contributed by atoms with Gasteiger partial charge in [0, 0.05) is 49.0 Å². The van der Waals surface area contributed by atoms with Crippen molar-refractivity contribution in [2.45, 2.75) is 222 Å². The van der Waals surface area contributed by atoms with E-state index in [1.165, 1.54) is 35.9 Å². The van der Waals surface area contributed by atoms with Crippen molar-refractivity contribution in [1.82, 2.24) is 43.3 Å². The zero-order valence-corrected chi connectivity index (χ0v) is 64.1. The SMILES string of the molecule is CC(C)(C)OC(=O)[C@H]1O[C@@H](n2ccc(=O)[nH]c2=O)[C@]2(C)OC(C)(C)O[C@H]12.N=NN=NCl.[2H][B-]([2H])([2H])[2H].[2H]c1cn([C@@H]2O[C@H](C([2H])([2H])O)[C@@H](O)[C@@]2(C)O)c(=O)[nH]c1=O.[2H]c1cn([C@@H]2O[C@H](C([2H])([2H])O)[C@H]3OC(C)(C)O[C@]32C)c(=O)[nH]c1=O.[2H]c1cn([C@@H]2O[C@H](C([2H])([2H])O[P@@](=O)(N[C@@H](C)C(=O)OC(C)C)Oc3ccccc3)[C@@H](O)[C@@]2(C)O)c(=O)[nH]c1=O.[Na+]. The molecular weight excluding hydrogens is 1490 g/mol. The van der Waals surface area contributed by atoms with E-state index in [0.29, 0.717) is 9.13 Å². The first-order valence-electron chi connectivity index (χ1n) is 38.4. The van der Waals surface area contributed by atoms with E-state index < -0.39 is 236 Å². The average molecular weight is 1600 g/mol. The monoisotopic (exact) mass is 1590 g/mol. The fraction of sp³-hybridized carbons (Fsp3) is 0.613. The Morgan fingerprint density at radius 2 is 1.10 bits per heavy atom. The molecule has 5 aromatic rings. The third-order valence-corrected chi connectivity index (χ3v) is 17.4. The van der Waals surface area contributed by atoms with Gasteiger partial charge in [-0.25, -0.2) is 33.9 Å². The van der Waals surface area contributed by atoms with Crippen molar-refractivity contribution in [2.24, 2.45) is 15.1 Å². The maximum Gasteiger partial charge on any atom is 1.00 e. The van der Waals surface area contributed by atoms with E-state index in [9.17, 15) is 83.1 Å². The second-order valence-electron chi connectivity index (χ2n) is 26.8. The number of aliphatic hydroxyl groups is 6. The molecule has 0 bridgehead atoms. The van der Waals surface area contributed by atoms with Gasteiger partial charge < -0.3 is 82.5 Å². The van der Waals surface area contributed by atoms with Crippen LogP contribution in [0.5, 0.6) is 5.75 Å². The molecule has 42 nitrogen and oxygen atoms in total. The van der Waals surface area contributed by atoms with E-state index in [2.05, 4.69) is 36.9 Å². The molecular formula is C62H91BClN13NaO29P. The zero-order valence-electron chi connectivity index (χ0n) is 73.5. The van der Waals surface area contributed by atoms with Crippen LogP contribution >= 0.6 is 19.5 Å². The van der Waals surface area contributed by atoms with Gasteiger partial charge in [-0.3, -0.25) is 66.7 Å². The van der Waals surface area contributed by atoms with E-state index in [-0.39, 0.29) is 35.3 Å². The Labute approximate surface area is 660 Å². The van der Waals surface area contributed by atoms with Gasteiger partial charge in [0.2, 0.25) is 0 Å². The van der Waals surface area contributed by atoms with E-state index >= 15 is 0 Å². The number of para-hydroxylation sites is 1. The molecule has 0 unspecified atom stereocenters. The molecule has 0 aliphatic carbocycles. The van der Waals surface area contributed by atoms with Crippen LogP contribution in [0.2, 0.25) is 0 Å². The number of carbonyl (C=O) groups is 2. The van der Waals surface area contributed by atoms with Crippen LogP contribution in [0, 0.1) is 5.53 Å². The molecule has 0 radical (unpaired) electrons. The molecule has 18 atom stereocenters. The van der Waals surface area contributed by atoms with Gasteiger partial charge in [-0.05, 0) is 120 Å². The summed E-state index contributed by atoms with van der Waals surface area (Å²) in [7, 11) is -7.80. The topological polar surface area (TPSA) is 576 Å². The zero-order chi connectivity index (χ0) is 91.7. The predicted octanol–water partition coefficient (Wildman–Crippen LogP) is -4.67. The van der Waals surface area contributed by atoms with Crippen LogP contribution in [-0.2, 0) is 66.0 Å². The van der Waals surface area contributed by atoms with Crippen LogP contribution in [0.15, 0.2) is 133 Å². The van der Waals surface area contributed by atoms with Crippen LogP contribution in [0.3, 0.4) is 0 Å². The van der Waals surface area contributed by atoms with Gasteiger partial charge in [-0.1, -0.05) is 31.1 Å². The van der Waals surface area contributed by atoms with Gasteiger partial charge in [0.25, 0.3) is 22.2 Å². The Hall–Kier alpha value is -7.18. The number of benzene rings is 1. The molecule has 6 aliphatic rings. The molecule has 11 rings (SSSR count). The second-order valence-corrected chi connectivity index (χ2v) is 28.5. The standard InChI is InChI=1S/C22H30N3O10P.C17H24N2O7.C13H18N2O6.C10H14N2O6.BH4.ClHN4.Na/c1-13(2)33-19(28)14(3)24-36(31,35-15-8-6-5-7-9-15)32-12-16-18(27)22(4,30)20(34-16)25-11-10-17(26)23-21(25)29;1-15(2,3)25-12(21)10-11-17(6,26-16(4,5)24-11)13(23-10)19-8-7-9(20)18-14(19)22;1-12(2)20-9-7(6-16)19-10(13(9,3)21-12)15-5-4-8(17)14-11(15)18;1-10(17)7(15)5(4-13)18-8(10)12-3-2-6(14)11-9(12)16;;1-3-5-4-2;/h5-11,13-14,16,18,20,27,30H,12H2,1-4H3,(H,24,31)(H,23,26,29);7-8,10-11,13H,1-6H3,(H,18,20,22);4-5,7,9-10,16H,6H2,1-3H3,(H,14,17,18);2-3,5,7-8,13,15,17H,4H2,1H3,(H,11,14,16);1H4;2H;/q;;;;-1;;+1/t14-,16+,18+,20+,22+,36-;10-,11+,13+,17+;7-,9-,10-,13-;5-,7-,8-,10-;;;/m0011.../s1/i10D,12D2;;4D,6D2;2D,4D2;1D4;;. The number of ether oxygens (including phenoxy) is 10. The number of nitrogens with one attached hydrogen (secondary N) is 6. The van der Waals surface area contributed by atoms with Crippen molar-refractivity contribution in [3.8, 4) is 5.75 Å². The Morgan fingerprint density at radius 1 is 0.685 bits per heavy atom. The Bertz CT molecular complexity index is 5100. The molecule has 46 heteroatoms. The van der Waals surface area contributed by atoms with Crippen molar-refractivity contribution in [1.29, 1.82) is 10.9 Å². The minimum Gasteiger partial charge on any atom is -0.462 e. The van der Waals surface area contributed by atoms with Crippen LogP contribution in [-0.4, -0.2) is 215 Å². The van der Waals surface area contributed by atoms with E-state index in [1.54, 1.807) is 94.4 Å². The Morgan fingerprint density at radius 3 is 1.54 bits per heavy atom. The van der Waals surface area contributed by atoms with Gasteiger partial charge >= 0.3 is 72.0 Å². The average Bonchev–Trinajstić information content (AvgIpc) is 1.56. The summed E-state index contributed by atoms with van der Waals surface area (Å²) in [6.45, 7) is 12.9. The number of aromatic nitrogens is 8. The molecule has 6 fully saturated rings. The predicted molar refractivity (Wildman–Crippen MR) is 373 cm³/mol. The fourth-order valence-electron chi connectivity index (χ4n) is 11.4. The summed E-state index contributed by atoms with van der Waals surface area (Å²) in [6, 6.07) is 5.69. The first-order valence-corrected chi connectivity index (χ1v) is 33.5. The van der Waals surface area contributed by atoms with Gasteiger partial charge in [-0.15, -0.1) is 0 Å². The second kappa shape index (κ2) is 36.3. The number of halogens is 1. The molecule has 0 spiro atoms. The van der Waals surface area contributed by atoms with Crippen molar-refractivity contribution < 1.29 is 143 Å². The fourth-order valence-corrected chi connectivity index (χ4v) is 12.8. The number of H-pyrrole nitrogens is 4. The molecule has 12 N–H and O–H groups in total. The molecule has 1 aromatic carbocycles. The largest absolute Gasteiger partial charge is 1.00 e. The molecule has 10 heterocycles. The van der Waals surface area contributed by atoms with Gasteiger partial charge in [0.05, 0.1) is 49.9 Å². The normalized spacial score (nSPS) is 32.7. The number of hydrogen-bond acceptors (Lipinski definition) is 31. The first-order chi connectivity index (χ1) is 54.5. The minimum atomic E-state index is -4.80. The summed E-state index contributed by atoms with van der Waals surface area (Å²) < 4.78 is 179. The quantitative estimate of drug-likeness (QED) is 0.0137. The van der Waals surface area contributed by atoms with Gasteiger partial charge in [0.15, 0.2) is 42.6 Å². The van der Waals surface area contributed by atoms with E-state index in [1.807, 2.05) is 15.0 Å². The van der Waals surface area contributed by atoms with E-state index in [4.69, 9.17) is 79.6 Å². The number of aromatic amines is 4. The molecule has 108 heavy (non-hydrogen) atoms. The van der Waals surface area contributed by atoms with Gasteiger partial charge in [-0.2, -0.15) is 10.6 Å². The van der Waals surface area contributed by atoms with Crippen molar-refractivity contribution >= 4 is 39.7 Å². The molecule has 6 aliphatic heterocycles. The molecule has 6 saturated heterocycles. The van der Waals surface area contributed by atoms with Gasteiger partial charge in [0.1, 0.15) is 82.5 Å². The Kier molecular flexibility index (Phi) is 24.3. The van der Waals surface area contributed by atoms with Crippen molar-refractivity contribution in [2.75, 3.05) is 19.7 Å². The summed E-state index contributed by atoms with van der Waals surface area (Å²) in [5.41, 5.74) is -8.72. The number of hydrogen-bond donors (Lipinski definition) is 12. The Balaban J connectivity index is 0.000000282. The number of rotatable bonds is 17. The number of nitrogens with zero attached hydrogens (tertiary/aromatic N) is 7. The van der Waals surface area contributed by atoms with Crippen molar-refractivity contribution in [3.05, 3.63) is 163 Å². The molecule has 4 aromatic heterocycles. The van der Waals surface area contributed by atoms with Crippen LogP contribution < -0.4 is 84.2 Å². The molecule has 594 valence electrons.